The Hall–Kier alpha value is -3.31. The summed E-state index contributed by atoms with van der Waals surface area (Å²) in [5.74, 6) is -0.995. The standard InChI is InChI=1S/C31H39FN4O4S/c1-20(29(37)34-23-12-10-22(32)11-13-23)17-25(33)26(18-21-7-4-3-5-8-21)35-30(38)27-14-15-28(41-27)31(39)36-16-6-9-24(36)19-40-2/h3-5,7-8,10-15,20,24-26,29,34,37H,6,9,16-19,33H2,1-2H3,(H,35,38)/t20-,24-,25+,26+,29?/m1/s1. The van der Waals surface area contributed by atoms with Crippen LogP contribution in [0.1, 0.15) is 51.1 Å². The maximum Gasteiger partial charge on any atom is 0.264 e. The van der Waals surface area contributed by atoms with Crippen LogP contribution in [0.5, 0.6) is 0 Å². The molecule has 2 aromatic carbocycles. The predicted octanol–water partition coefficient (Wildman–Crippen LogP) is 4.26. The van der Waals surface area contributed by atoms with Crippen molar-refractivity contribution in [3.8, 4) is 0 Å². The van der Waals surface area contributed by atoms with Gasteiger partial charge in [-0.15, -0.1) is 11.3 Å². The number of aliphatic hydroxyl groups is 1. The summed E-state index contributed by atoms with van der Waals surface area (Å²) in [4.78, 5) is 29.3. The lowest BCUT2D eigenvalue weighted by atomic mass is 9.91. The first kappa shape index (κ1) is 30.6. The van der Waals surface area contributed by atoms with Crippen LogP contribution in [0.25, 0.3) is 0 Å². The third-order valence-corrected chi connectivity index (χ3v) is 8.58. The lowest BCUT2D eigenvalue weighted by Crippen LogP contribution is -2.50. The molecule has 5 atom stereocenters. The van der Waals surface area contributed by atoms with Gasteiger partial charge in [-0.05, 0) is 67.6 Å². The summed E-state index contributed by atoms with van der Waals surface area (Å²) in [5, 5.41) is 16.8. The Morgan fingerprint density at radius 1 is 1.12 bits per heavy atom. The van der Waals surface area contributed by atoms with E-state index in [4.69, 9.17) is 10.5 Å². The number of carbonyl (C=O) groups excluding carboxylic acids is 2. The Balaban J connectivity index is 1.42. The number of hydrogen-bond donors (Lipinski definition) is 4. The zero-order valence-corrected chi connectivity index (χ0v) is 24.3. The van der Waals surface area contributed by atoms with E-state index < -0.39 is 18.3 Å². The first-order valence-corrected chi connectivity index (χ1v) is 14.8. The van der Waals surface area contributed by atoms with Gasteiger partial charge in [-0.1, -0.05) is 37.3 Å². The second kappa shape index (κ2) is 14.5. The van der Waals surface area contributed by atoms with Crippen LogP contribution in [0.3, 0.4) is 0 Å². The van der Waals surface area contributed by atoms with Gasteiger partial charge in [0.2, 0.25) is 0 Å². The molecule has 8 nitrogen and oxygen atoms in total. The molecule has 41 heavy (non-hydrogen) atoms. The van der Waals surface area contributed by atoms with Crippen molar-refractivity contribution < 1.29 is 23.8 Å². The summed E-state index contributed by atoms with van der Waals surface area (Å²) in [5.41, 5.74) is 8.27. The van der Waals surface area contributed by atoms with Crippen molar-refractivity contribution in [3.05, 3.63) is 87.9 Å². The molecular formula is C31H39FN4O4S. The van der Waals surface area contributed by atoms with Crippen molar-refractivity contribution in [1.82, 2.24) is 10.2 Å². The number of halogens is 1. The van der Waals surface area contributed by atoms with E-state index in [-0.39, 0.29) is 29.6 Å². The third-order valence-electron chi connectivity index (χ3n) is 7.51. The van der Waals surface area contributed by atoms with E-state index in [9.17, 15) is 19.1 Å². The van der Waals surface area contributed by atoms with E-state index in [1.165, 1.54) is 23.5 Å². The first-order valence-electron chi connectivity index (χ1n) is 14.0. The van der Waals surface area contributed by atoms with E-state index in [1.54, 1.807) is 31.4 Å². The zero-order chi connectivity index (χ0) is 29.4. The molecule has 220 valence electrons. The molecule has 1 aliphatic heterocycles. The van der Waals surface area contributed by atoms with Gasteiger partial charge in [-0.25, -0.2) is 4.39 Å². The average molecular weight is 583 g/mol. The number of hydrogen-bond acceptors (Lipinski definition) is 7. The van der Waals surface area contributed by atoms with Crippen LogP contribution in [-0.4, -0.2) is 66.4 Å². The van der Waals surface area contributed by atoms with Crippen LogP contribution < -0.4 is 16.4 Å². The summed E-state index contributed by atoms with van der Waals surface area (Å²) in [7, 11) is 1.63. The fourth-order valence-corrected chi connectivity index (χ4v) is 6.05. The van der Waals surface area contributed by atoms with Crippen molar-refractivity contribution in [2.45, 2.75) is 57.0 Å². The summed E-state index contributed by atoms with van der Waals surface area (Å²) in [6.45, 7) is 3.05. The number of carbonyl (C=O) groups is 2. The van der Waals surface area contributed by atoms with Crippen LogP contribution in [-0.2, 0) is 11.2 Å². The minimum Gasteiger partial charge on any atom is -0.383 e. The van der Waals surface area contributed by atoms with Gasteiger partial charge in [0, 0.05) is 37.3 Å². The highest BCUT2D eigenvalue weighted by Crippen LogP contribution is 2.25. The Bertz CT molecular complexity index is 1270. The lowest BCUT2D eigenvalue weighted by Gasteiger charge is -2.29. The van der Waals surface area contributed by atoms with Gasteiger partial charge in [0.25, 0.3) is 11.8 Å². The molecule has 5 N–H and O–H groups in total. The number of nitrogens with zero attached hydrogens (tertiary/aromatic N) is 1. The number of methoxy groups -OCH3 is 1. The Morgan fingerprint density at radius 3 is 2.54 bits per heavy atom. The molecule has 0 saturated carbocycles. The molecule has 0 radical (unpaired) electrons. The number of benzene rings is 2. The van der Waals surface area contributed by atoms with Crippen molar-refractivity contribution >= 4 is 28.8 Å². The van der Waals surface area contributed by atoms with Gasteiger partial charge >= 0.3 is 0 Å². The largest absolute Gasteiger partial charge is 0.383 e. The quantitative estimate of drug-likeness (QED) is 0.224. The number of amides is 2. The summed E-state index contributed by atoms with van der Waals surface area (Å²) < 4.78 is 18.5. The van der Waals surface area contributed by atoms with E-state index in [2.05, 4.69) is 10.6 Å². The molecule has 1 unspecified atom stereocenters. The number of ether oxygens (including phenoxy) is 1. The molecule has 1 saturated heterocycles. The SMILES string of the molecule is COC[C@H]1CCCN1C(=O)c1ccc(C(=O)N[C@@H](Cc2ccccc2)[C@@H](N)C[C@@H](C)C(O)Nc2ccc(F)cc2)s1. The van der Waals surface area contributed by atoms with Gasteiger partial charge < -0.3 is 31.1 Å². The van der Waals surface area contributed by atoms with E-state index in [1.807, 2.05) is 42.2 Å². The molecule has 0 spiro atoms. The fraction of sp³-hybridized carbons (Fsp3) is 0.419. The van der Waals surface area contributed by atoms with Crippen LogP contribution in [0.15, 0.2) is 66.7 Å². The molecule has 10 heteroatoms. The molecule has 0 bridgehead atoms. The summed E-state index contributed by atoms with van der Waals surface area (Å²) >= 11 is 1.18. The highest BCUT2D eigenvalue weighted by Gasteiger charge is 2.31. The van der Waals surface area contributed by atoms with Gasteiger partial charge in [0.05, 0.1) is 22.4 Å². The van der Waals surface area contributed by atoms with Crippen molar-refractivity contribution in [2.24, 2.45) is 11.7 Å². The molecule has 4 rings (SSSR count). The molecule has 3 aromatic rings. The van der Waals surface area contributed by atoms with Crippen molar-refractivity contribution in [1.29, 1.82) is 0 Å². The fourth-order valence-electron chi connectivity index (χ4n) is 5.18. The molecule has 1 aliphatic rings. The second-order valence-electron chi connectivity index (χ2n) is 10.7. The minimum atomic E-state index is -0.919. The zero-order valence-electron chi connectivity index (χ0n) is 23.5. The molecule has 0 aliphatic carbocycles. The summed E-state index contributed by atoms with van der Waals surface area (Å²) in [6, 6.07) is 18.1. The van der Waals surface area contributed by atoms with Crippen LogP contribution >= 0.6 is 11.3 Å². The number of likely N-dealkylation sites (tertiary alicyclic amines) is 1. The highest BCUT2D eigenvalue weighted by molar-refractivity contribution is 7.15. The molecular weight excluding hydrogens is 543 g/mol. The van der Waals surface area contributed by atoms with Crippen LogP contribution in [0.4, 0.5) is 10.1 Å². The molecule has 2 amide bonds. The van der Waals surface area contributed by atoms with Crippen LogP contribution in [0.2, 0.25) is 0 Å². The minimum absolute atomic E-state index is 0.0509. The molecule has 2 heterocycles. The van der Waals surface area contributed by atoms with Gasteiger partial charge in [0.15, 0.2) is 0 Å². The molecule has 1 aromatic heterocycles. The normalized spacial score (nSPS) is 18.0. The Labute approximate surface area is 244 Å². The van der Waals surface area contributed by atoms with E-state index in [0.717, 1.165) is 18.4 Å². The van der Waals surface area contributed by atoms with Crippen molar-refractivity contribution in [2.75, 3.05) is 25.6 Å². The molecule has 1 fully saturated rings. The smallest absolute Gasteiger partial charge is 0.264 e. The number of anilines is 1. The van der Waals surface area contributed by atoms with Crippen molar-refractivity contribution in [3.63, 3.8) is 0 Å². The highest BCUT2D eigenvalue weighted by atomic mass is 32.1. The van der Waals surface area contributed by atoms with E-state index >= 15 is 0 Å². The third kappa shape index (κ3) is 8.36. The number of nitrogens with one attached hydrogen (secondary N) is 2. The second-order valence-corrected chi connectivity index (χ2v) is 11.7. The topological polar surface area (TPSA) is 117 Å². The predicted molar refractivity (Wildman–Crippen MR) is 159 cm³/mol. The average Bonchev–Trinajstić information content (AvgIpc) is 3.65. The Kier molecular flexibility index (Phi) is 10.9. The monoisotopic (exact) mass is 582 g/mol. The van der Waals surface area contributed by atoms with Gasteiger partial charge in [-0.2, -0.15) is 0 Å². The van der Waals surface area contributed by atoms with Crippen LogP contribution in [0, 0.1) is 11.7 Å². The van der Waals surface area contributed by atoms with Gasteiger partial charge in [0.1, 0.15) is 12.0 Å². The summed E-state index contributed by atoms with van der Waals surface area (Å²) in [6.07, 6.45) is 1.84. The maximum atomic E-state index is 13.4. The maximum absolute atomic E-state index is 13.4. The lowest BCUT2D eigenvalue weighted by molar-refractivity contribution is 0.0635. The van der Waals surface area contributed by atoms with E-state index in [0.29, 0.717) is 41.4 Å². The Morgan fingerprint density at radius 2 is 1.83 bits per heavy atom. The number of nitrogens with two attached hydrogens (primary N) is 1. The number of thiophene rings is 1. The number of rotatable bonds is 13. The first-order chi connectivity index (χ1) is 19.7. The van der Waals surface area contributed by atoms with Gasteiger partial charge in [-0.3, -0.25) is 9.59 Å². The number of aliphatic hydroxyl groups excluding tert-OH is 1.